The van der Waals surface area contributed by atoms with E-state index in [1.807, 2.05) is 12.1 Å². The molecule has 0 aliphatic carbocycles. The Morgan fingerprint density at radius 2 is 1.93 bits per heavy atom. The Morgan fingerprint density at radius 1 is 1.17 bits per heavy atom. The molecule has 4 rings (SSSR count). The number of carbonyl (C=O) groups is 4. The van der Waals surface area contributed by atoms with Crippen molar-refractivity contribution in [3.63, 3.8) is 0 Å². The van der Waals surface area contributed by atoms with Crippen molar-refractivity contribution in [1.29, 1.82) is 0 Å². The third kappa shape index (κ3) is 4.16. The van der Waals surface area contributed by atoms with Crippen molar-refractivity contribution in [1.82, 2.24) is 15.1 Å². The predicted octanol–water partition coefficient (Wildman–Crippen LogP) is 0.799. The van der Waals surface area contributed by atoms with E-state index < -0.39 is 17.9 Å². The van der Waals surface area contributed by atoms with Gasteiger partial charge in [0.15, 0.2) is 0 Å². The maximum absolute atomic E-state index is 12.9. The van der Waals surface area contributed by atoms with Gasteiger partial charge in [-0.05, 0) is 31.4 Å². The molecule has 0 spiro atoms. The Morgan fingerprint density at radius 3 is 2.63 bits per heavy atom. The van der Waals surface area contributed by atoms with Gasteiger partial charge in [0.2, 0.25) is 11.8 Å². The largest absolute Gasteiger partial charge is 0.481 e. The minimum Gasteiger partial charge on any atom is -0.481 e. The van der Waals surface area contributed by atoms with Crippen LogP contribution in [0, 0.1) is 0 Å². The first-order valence-corrected chi connectivity index (χ1v) is 10.4. The van der Waals surface area contributed by atoms with Gasteiger partial charge in [-0.15, -0.1) is 0 Å². The van der Waals surface area contributed by atoms with Crippen LogP contribution in [-0.2, 0) is 20.9 Å². The first-order chi connectivity index (χ1) is 14.4. The standard InChI is InChI=1S/C21H26N4O5/c26-18-5-4-17(20(29)23-18)25-12-15-14(21(25)30)2-1-3-16(15)22-13-6-9-24(10-7-13)11-8-19(27)28/h1-3,13,17,22H,4-12H2,(H,27,28)(H,23,26,29). The lowest BCUT2D eigenvalue weighted by Gasteiger charge is -2.33. The van der Waals surface area contributed by atoms with Crippen molar-refractivity contribution in [3.8, 4) is 0 Å². The molecule has 1 unspecified atom stereocenters. The van der Waals surface area contributed by atoms with Crippen molar-refractivity contribution in [2.75, 3.05) is 25.0 Å². The summed E-state index contributed by atoms with van der Waals surface area (Å²) in [5.41, 5.74) is 2.39. The summed E-state index contributed by atoms with van der Waals surface area (Å²) in [6.45, 7) is 2.59. The van der Waals surface area contributed by atoms with Crippen LogP contribution in [0.2, 0.25) is 0 Å². The van der Waals surface area contributed by atoms with Crippen molar-refractivity contribution in [2.45, 2.75) is 50.7 Å². The smallest absolute Gasteiger partial charge is 0.304 e. The second-order valence-corrected chi connectivity index (χ2v) is 8.14. The molecule has 1 atom stereocenters. The highest BCUT2D eigenvalue weighted by atomic mass is 16.4. The van der Waals surface area contributed by atoms with E-state index >= 15 is 0 Å². The summed E-state index contributed by atoms with van der Waals surface area (Å²) in [5.74, 6) is -1.65. The zero-order chi connectivity index (χ0) is 21.3. The van der Waals surface area contributed by atoms with Crippen molar-refractivity contribution in [3.05, 3.63) is 29.3 Å². The van der Waals surface area contributed by atoms with Crippen LogP contribution in [0.25, 0.3) is 0 Å². The van der Waals surface area contributed by atoms with E-state index in [-0.39, 0.29) is 30.7 Å². The summed E-state index contributed by atoms with van der Waals surface area (Å²) < 4.78 is 0. The molecule has 0 saturated carbocycles. The summed E-state index contributed by atoms with van der Waals surface area (Å²) in [7, 11) is 0. The number of fused-ring (bicyclic) bond motifs is 1. The number of hydrogen-bond acceptors (Lipinski definition) is 6. The highest BCUT2D eigenvalue weighted by Crippen LogP contribution is 2.33. The van der Waals surface area contributed by atoms with Gasteiger partial charge < -0.3 is 20.2 Å². The van der Waals surface area contributed by atoms with Gasteiger partial charge in [-0.2, -0.15) is 0 Å². The fraction of sp³-hybridized carbons (Fsp3) is 0.524. The second-order valence-electron chi connectivity index (χ2n) is 8.14. The van der Waals surface area contributed by atoms with E-state index in [1.165, 1.54) is 0 Å². The van der Waals surface area contributed by atoms with E-state index in [1.54, 1.807) is 11.0 Å². The summed E-state index contributed by atoms with van der Waals surface area (Å²) in [4.78, 5) is 51.0. The normalized spacial score (nSPS) is 22.7. The second kappa shape index (κ2) is 8.43. The van der Waals surface area contributed by atoms with Crippen molar-refractivity contribution < 1.29 is 24.3 Å². The number of aliphatic carboxylic acids is 1. The molecule has 160 valence electrons. The zero-order valence-electron chi connectivity index (χ0n) is 16.7. The summed E-state index contributed by atoms with van der Waals surface area (Å²) in [5, 5.41) is 14.7. The molecule has 3 aliphatic heterocycles. The summed E-state index contributed by atoms with van der Waals surface area (Å²) in [6.07, 6.45) is 2.54. The van der Waals surface area contributed by atoms with Crippen LogP contribution in [0.3, 0.4) is 0 Å². The lowest BCUT2D eigenvalue weighted by molar-refractivity contribution is -0.138. The van der Waals surface area contributed by atoms with Crippen LogP contribution >= 0.6 is 0 Å². The molecular formula is C21H26N4O5. The molecule has 9 heteroatoms. The molecular weight excluding hydrogens is 388 g/mol. The van der Waals surface area contributed by atoms with Gasteiger partial charge in [-0.1, -0.05) is 6.07 Å². The maximum atomic E-state index is 12.9. The van der Waals surface area contributed by atoms with Crippen molar-refractivity contribution in [2.24, 2.45) is 0 Å². The molecule has 2 saturated heterocycles. The maximum Gasteiger partial charge on any atom is 0.304 e. The Hall–Kier alpha value is -2.94. The van der Waals surface area contributed by atoms with Gasteiger partial charge in [-0.3, -0.25) is 24.5 Å². The third-order valence-electron chi connectivity index (χ3n) is 6.17. The Balaban J connectivity index is 1.40. The number of anilines is 1. The van der Waals surface area contributed by atoms with Crippen molar-refractivity contribution >= 4 is 29.4 Å². The molecule has 0 radical (unpaired) electrons. The van der Waals surface area contributed by atoms with Gasteiger partial charge in [0, 0.05) is 55.5 Å². The lowest BCUT2D eigenvalue weighted by Crippen LogP contribution is -2.52. The van der Waals surface area contributed by atoms with Gasteiger partial charge in [0.05, 0.1) is 6.42 Å². The average Bonchev–Trinajstić information content (AvgIpc) is 3.05. The van der Waals surface area contributed by atoms with Gasteiger partial charge in [0.25, 0.3) is 5.91 Å². The minimum atomic E-state index is -0.777. The molecule has 30 heavy (non-hydrogen) atoms. The highest BCUT2D eigenvalue weighted by Gasteiger charge is 2.40. The predicted molar refractivity (Wildman–Crippen MR) is 108 cm³/mol. The lowest BCUT2D eigenvalue weighted by atomic mass is 10.0. The first-order valence-electron chi connectivity index (χ1n) is 10.4. The number of piperidine rings is 2. The number of amides is 3. The third-order valence-corrected chi connectivity index (χ3v) is 6.17. The number of carboxylic acid groups (broad SMARTS) is 1. The molecule has 3 amide bonds. The highest BCUT2D eigenvalue weighted by molar-refractivity contribution is 6.06. The number of hydrogen-bond donors (Lipinski definition) is 3. The minimum absolute atomic E-state index is 0.155. The topological polar surface area (TPSA) is 119 Å². The molecule has 0 bridgehead atoms. The first kappa shape index (κ1) is 20.3. The Kier molecular flexibility index (Phi) is 5.72. The van der Waals surface area contributed by atoms with Crippen LogP contribution < -0.4 is 10.6 Å². The number of carboxylic acids is 1. The van der Waals surface area contributed by atoms with E-state index in [4.69, 9.17) is 5.11 Å². The number of rotatable bonds is 6. The number of carbonyl (C=O) groups excluding carboxylic acids is 3. The number of nitrogens with one attached hydrogen (secondary N) is 2. The monoisotopic (exact) mass is 414 g/mol. The van der Waals surface area contributed by atoms with Crippen LogP contribution in [0.15, 0.2) is 18.2 Å². The fourth-order valence-corrected chi connectivity index (χ4v) is 4.50. The molecule has 1 aromatic carbocycles. The fourth-order valence-electron chi connectivity index (χ4n) is 4.50. The zero-order valence-corrected chi connectivity index (χ0v) is 16.7. The van der Waals surface area contributed by atoms with E-state index in [0.29, 0.717) is 25.1 Å². The van der Waals surface area contributed by atoms with Crippen LogP contribution in [-0.4, -0.2) is 70.3 Å². The van der Waals surface area contributed by atoms with E-state index in [0.717, 1.165) is 37.2 Å². The van der Waals surface area contributed by atoms with E-state index in [9.17, 15) is 19.2 Å². The number of nitrogens with zero attached hydrogens (tertiary/aromatic N) is 2. The van der Waals surface area contributed by atoms with E-state index in [2.05, 4.69) is 15.5 Å². The number of benzene rings is 1. The average molecular weight is 414 g/mol. The summed E-state index contributed by atoms with van der Waals surface area (Å²) in [6, 6.07) is 5.21. The van der Waals surface area contributed by atoms with Crippen LogP contribution in [0.4, 0.5) is 5.69 Å². The Bertz CT molecular complexity index is 878. The Labute approximate surface area is 174 Å². The van der Waals surface area contributed by atoms with Gasteiger partial charge in [0.1, 0.15) is 6.04 Å². The number of imide groups is 1. The molecule has 2 fully saturated rings. The SMILES string of the molecule is O=C(O)CCN1CCC(Nc2cccc3c2CN(C2CCC(=O)NC2=O)C3=O)CC1. The molecule has 3 N–H and O–H groups in total. The molecule has 1 aromatic rings. The molecule has 3 aliphatic rings. The summed E-state index contributed by atoms with van der Waals surface area (Å²) >= 11 is 0. The molecule has 9 nitrogen and oxygen atoms in total. The van der Waals surface area contributed by atoms with Crippen LogP contribution in [0.5, 0.6) is 0 Å². The van der Waals surface area contributed by atoms with Crippen LogP contribution in [0.1, 0.15) is 48.0 Å². The molecule has 0 aromatic heterocycles. The van der Waals surface area contributed by atoms with Gasteiger partial charge >= 0.3 is 5.97 Å². The molecule has 3 heterocycles. The number of likely N-dealkylation sites (tertiary alicyclic amines) is 1. The quantitative estimate of drug-likeness (QED) is 0.589. The van der Waals surface area contributed by atoms with Gasteiger partial charge in [-0.25, -0.2) is 0 Å².